The van der Waals surface area contributed by atoms with Crippen LogP contribution in [-0.4, -0.2) is 18.4 Å². The van der Waals surface area contributed by atoms with E-state index in [9.17, 15) is 5.11 Å². The summed E-state index contributed by atoms with van der Waals surface area (Å²) in [6.07, 6.45) is -0.538. The third-order valence-electron chi connectivity index (χ3n) is 1.93. The summed E-state index contributed by atoms with van der Waals surface area (Å²) in [4.78, 5) is 1.71. The lowest BCUT2D eigenvalue weighted by molar-refractivity contribution is 0.195. The van der Waals surface area contributed by atoms with Crippen molar-refractivity contribution in [3.8, 4) is 0 Å². The number of rotatable bonds is 2. The molecule has 0 heterocycles. The first-order chi connectivity index (χ1) is 6.02. The van der Waals surface area contributed by atoms with Crippen molar-refractivity contribution in [2.45, 2.75) is 13.2 Å². The van der Waals surface area contributed by atoms with E-state index in [0.29, 0.717) is 5.69 Å². The van der Waals surface area contributed by atoms with Crippen LogP contribution >= 0.6 is 15.9 Å². The van der Waals surface area contributed by atoms with E-state index in [1.54, 1.807) is 18.9 Å². The first-order valence-electron chi connectivity index (χ1n) is 3.98. The largest absolute Gasteiger partial charge is 0.397 e. The zero-order valence-electron chi connectivity index (χ0n) is 7.66. The summed E-state index contributed by atoms with van der Waals surface area (Å²) in [5, 5.41) is 9.33. The smallest absolute Gasteiger partial charge is 0.123 e. The molecule has 4 heteroatoms. The summed E-state index contributed by atoms with van der Waals surface area (Å²) >= 11 is 3.32. The van der Waals surface area contributed by atoms with E-state index in [1.165, 1.54) is 0 Å². The number of aliphatic hydroxyl groups excluding tert-OH is 1. The first-order valence-corrected chi connectivity index (χ1v) is 4.77. The number of aliphatic hydroxyl groups is 1. The fraction of sp³-hybridized carbons (Fsp3) is 0.333. The molecule has 0 aliphatic carbocycles. The molecule has 1 unspecified atom stereocenters. The lowest BCUT2D eigenvalue weighted by atomic mass is 10.2. The fourth-order valence-corrected chi connectivity index (χ4v) is 1.43. The molecule has 1 atom stereocenters. The lowest BCUT2D eigenvalue weighted by Crippen LogP contribution is -2.28. The quantitative estimate of drug-likeness (QED) is 0.617. The zero-order valence-corrected chi connectivity index (χ0v) is 9.25. The molecule has 72 valence electrons. The van der Waals surface area contributed by atoms with Crippen molar-refractivity contribution in [1.82, 2.24) is 0 Å². The molecule has 0 aliphatic rings. The number of halogens is 1. The van der Waals surface area contributed by atoms with Gasteiger partial charge in [-0.2, -0.15) is 0 Å². The highest BCUT2D eigenvalue weighted by Gasteiger charge is 2.09. The molecule has 0 saturated heterocycles. The van der Waals surface area contributed by atoms with Gasteiger partial charge in [0.05, 0.1) is 11.4 Å². The fourth-order valence-electron chi connectivity index (χ4n) is 1.05. The van der Waals surface area contributed by atoms with Gasteiger partial charge in [-0.25, -0.2) is 0 Å². The number of anilines is 2. The van der Waals surface area contributed by atoms with Gasteiger partial charge in [0.15, 0.2) is 0 Å². The van der Waals surface area contributed by atoms with Gasteiger partial charge in [-0.05, 0) is 25.1 Å². The second-order valence-corrected chi connectivity index (χ2v) is 3.86. The van der Waals surface area contributed by atoms with Crippen molar-refractivity contribution in [2.75, 3.05) is 17.7 Å². The van der Waals surface area contributed by atoms with Gasteiger partial charge in [-0.3, -0.25) is 0 Å². The van der Waals surface area contributed by atoms with E-state index in [2.05, 4.69) is 15.9 Å². The third-order valence-corrected chi connectivity index (χ3v) is 2.42. The predicted molar refractivity (Wildman–Crippen MR) is 58.6 cm³/mol. The highest BCUT2D eigenvalue weighted by atomic mass is 79.9. The summed E-state index contributed by atoms with van der Waals surface area (Å²) in [6, 6.07) is 5.57. The second-order valence-electron chi connectivity index (χ2n) is 2.95. The second kappa shape index (κ2) is 3.98. The van der Waals surface area contributed by atoms with Crippen LogP contribution in [-0.2, 0) is 0 Å². The maximum absolute atomic E-state index is 9.33. The number of hydrogen-bond acceptors (Lipinski definition) is 3. The van der Waals surface area contributed by atoms with E-state index in [-0.39, 0.29) is 0 Å². The van der Waals surface area contributed by atoms with Crippen LogP contribution in [0, 0.1) is 0 Å². The van der Waals surface area contributed by atoms with Gasteiger partial charge in [-0.15, -0.1) is 0 Å². The minimum atomic E-state index is -0.538. The van der Waals surface area contributed by atoms with E-state index in [4.69, 9.17) is 5.73 Å². The number of nitrogens with two attached hydrogens (primary N) is 1. The maximum atomic E-state index is 9.33. The van der Waals surface area contributed by atoms with Crippen LogP contribution in [0.15, 0.2) is 22.7 Å². The molecule has 0 spiro atoms. The van der Waals surface area contributed by atoms with E-state index in [0.717, 1.165) is 10.2 Å². The van der Waals surface area contributed by atoms with Gasteiger partial charge >= 0.3 is 0 Å². The Kier molecular flexibility index (Phi) is 3.17. The van der Waals surface area contributed by atoms with Crippen LogP contribution in [0.5, 0.6) is 0 Å². The van der Waals surface area contributed by atoms with Crippen molar-refractivity contribution in [3.63, 3.8) is 0 Å². The Morgan fingerprint density at radius 2 is 2.15 bits per heavy atom. The average Bonchev–Trinajstić information content (AvgIpc) is 2.03. The summed E-state index contributed by atoms with van der Waals surface area (Å²) in [5.41, 5.74) is 7.26. The molecule has 0 aromatic heterocycles. The van der Waals surface area contributed by atoms with Crippen molar-refractivity contribution in [1.29, 1.82) is 0 Å². The highest BCUT2D eigenvalue weighted by molar-refractivity contribution is 9.10. The number of nitrogen functional groups attached to an aromatic ring is 1. The summed E-state index contributed by atoms with van der Waals surface area (Å²) < 4.78 is 0.938. The molecule has 1 aromatic carbocycles. The standard InChI is InChI=1S/C9H13BrN2O/c1-6(13)12(2)9-4-3-7(10)5-8(9)11/h3-6,13H,11H2,1-2H3. The Balaban J connectivity index is 3.01. The predicted octanol–water partition coefficient (Wildman–Crippen LogP) is 1.81. The average molecular weight is 245 g/mol. The third kappa shape index (κ3) is 2.35. The van der Waals surface area contributed by atoms with Crippen LogP contribution in [0.2, 0.25) is 0 Å². The van der Waals surface area contributed by atoms with E-state index < -0.39 is 6.23 Å². The molecule has 3 nitrogen and oxygen atoms in total. The Hall–Kier alpha value is -0.740. The Morgan fingerprint density at radius 1 is 1.54 bits per heavy atom. The first kappa shape index (κ1) is 10.3. The zero-order chi connectivity index (χ0) is 10.0. The Morgan fingerprint density at radius 3 is 2.62 bits per heavy atom. The van der Waals surface area contributed by atoms with Crippen molar-refractivity contribution >= 4 is 27.3 Å². The molecule has 0 saturated carbocycles. The number of benzene rings is 1. The SMILES string of the molecule is CC(O)N(C)c1ccc(Br)cc1N. The lowest BCUT2D eigenvalue weighted by Gasteiger charge is -2.23. The maximum Gasteiger partial charge on any atom is 0.123 e. The van der Waals surface area contributed by atoms with Gasteiger partial charge in [0.25, 0.3) is 0 Å². The van der Waals surface area contributed by atoms with Gasteiger partial charge in [0.2, 0.25) is 0 Å². The van der Waals surface area contributed by atoms with Crippen LogP contribution in [0.1, 0.15) is 6.92 Å². The number of hydrogen-bond donors (Lipinski definition) is 2. The van der Waals surface area contributed by atoms with Gasteiger partial charge < -0.3 is 15.7 Å². The van der Waals surface area contributed by atoms with E-state index >= 15 is 0 Å². The van der Waals surface area contributed by atoms with Gasteiger partial charge in [0, 0.05) is 11.5 Å². The monoisotopic (exact) mass is 244 g/mol. The molecule has 0 amide bonds. The Bertz CT molecular complexity index is 302. The van der Waals surface area contributed by atoms with E-state index in [1.807, 2.05) is 18.2 Å². The molecule has 0 bridgehead atoms. The molecule has 3 N–H and O–H groups in total. The summed E-state index contributed by atoms with van der Waals surface area (Å²) in [7, 11) is 1.80. The highest BCUT2D eigenvalue weighted by Crippen LogP contribution is 2.26. The molecule has 0 radical (unpaired) electrons. The molecular weight excluding hydrogens is 232 g/mol. The van der Waals surface area contributed by atoms with Crippen molar-refractivity contribution in [2.24, 2.45) is 0 Å². The van der Waals surface area contributed by atoms with Crippen LogP contribution in [0.4, 0.5) is 11.4 Å². The number of nitrogens with zero attached hydrogens (tertiary/aromatic N) is 1. The van der Waals surface area contributed by atoms with Crippen LogP contribution in [0.25, 0.3) is 0 Å². The molecular formula is C9H13BrN2O. The van der Waals surface area contributed by atoms with Gasteiger partial charge in [0.1, 0.15) is 6.23 Å². The minimum Gasteiger partial charge on any atom is -0.397 e. The summed E-state index contributed by atoms with van der Waals surface area (Å²) in [5.74, 6) is 0. The topological polar surface area (TPSA) is 49.5 Å². The molecule has 1 aromatic rings. The molecule has 0 aliphatic heterocycles. The minimum absolute atomic E-state index is 0.538. The van der Waals surface area contributed by atoms with Crippen LogP contribution < -0.4 is 10.6 Å². The molecule has 0 fully saturated rings. The normalized spacial score (nSPS) is 12.6. The molecule has 13 heavy (non-hydrogen) atoms. The Labute approximate surface area is 86.3 Å². The molecule has 1 rings (SSSR count). The van der Waals surface area contributed by atoms with Crippen molar-refractivity contribution < 1.29 is 5.11 Å². The van der Waals surface area contributed by atoms with Crippen molar-refractivity contribution in [3.05, 3.63) is 22.7 Å². The summed E-state index contributed by atoms with van der Waals surface area (Å²) in [6.45, 7) is 1.70. The van der Waals surface area contributed by atoms with Gasteiger partial charge in [-0.1, -0.05) is 15.9 Å². The van der Waals surface area contributed by atoms with Crippen LogP contribution in [0.3, 0.4) is 0 Å².